The lowest BCUT2D eigenvalue weighted by atomic mass is 9.90. The second-order valence-electron chi connectivity index (χ2n) is 7.93. The summed E-state index contributed by atoms with van der Waals surface area (Å²) >= 11 is 1.78. The van der Waals surface area contributed by atoms with Gasteiger partial charge >= 0.3 is 5.97 Å². The zero-order valence-corrected chi connectivity index (χ0v) is 18.2. The average molecular weight is 442 g/mol. The molecule has 0 radical (unpaired) electrons. The Morgan fingerprint density at radius 3 is 2.77 bits per heavy atom. The van der Waals surface area contributed by atoms with Gasteiger partial charge in [-0.25, -0.2) is 0 Å². The van der Waals surface area contributed by atoms with Crippen LogP contribution in [0.25, 0.3) is 16.2 Å². The zero-order chi connectivity index (χ0) is 19.8. The Balaban J connectivity index is 0.00000218. The highest BCUT2D eigenvalue weighted by molar-refractivity contribution is 7.19. The Kier molecular flexibility index (Phi) is 6.14. The predicted molar refractivity (Wildman–Crippen MR) is 124 cm³/mol. The van der Waals surface area contributed by atoms with Gasteiger partial charge in [0.1, 0.15) is 12.4 Å². The van der Waals surface area contributed by atoms with Gasteiger partial charge < -0.3 is 9.84 Å². The molecule has 6 heteroatoms. The standard InChI is InChI=1S/C24H23NO3S.ClH/c26-24(27)20-13-25(14-20)12-16-5-6-18-10-21(8-7-17(18)9-16)28-15-22-11-19-3-1-2-4-23(19)29-22;/h1-4,7-11,20H,5-6,12-15H2,(H,26,27);1H. The number of aryl methyl sites for hydroxylation is 1. The third-order valence-corrected chi connectivity index (χ3v) is 6.87. The van der Waals surface area contributed by atoms with E-state index in [2.05, 4.69) is 59.5 Å². The first kappa shape index (κ1) is 20.9. The van der Waals surface area contributed by atoms with Crippen molar-refractivity contribution in [3.05, 3.63) is 70.1 Å². The first-order valence-corrected chi connectivity index (χ1v) is 10.8. The van der Waals surface area contributed by atoms with E-state index in [4.69, 9.17) is 9.84 Å². The minimum atomic E-state index is -0.674. The van der Waals surface area contributed by atoms with Crippen LogP contribution in [0.15, 0.2) is 54.1 Å². The zero-order valence-electron chi connectivity index (χ0n) is 16.5. The van der Waals surface area contributed by atoms with Crippen LogP contribution in [0.4, 0.5) is 0 Å². The van der Waals surface area contributed by atoms with Crippen molar-refractivity contribution in [3.63, 3.8) is 0 Å². The van der Waals surface area contributed by atoms with E-state index in [0.717, 1.165) is 25.1 Å². The number of aliphatic carboxylic acids is 1. The summed E-state index contributed by atoms with van der Waals surface area (Å²) in [6.45, 7) is 2.82. The molecule has 2 aliphatic rings. The maximum atomic E-state index is 11.0. The second kappa shape index (κ2) is 8.80. The van der Waals surface area contributed by atoms with Crippen molar-refractivity contribution in [2.75, 3.05) is 19.6 Å². The SMILES string of the molecule is Cl.O=C(O)C1CN(CC2=Cc3ccc(OCc4cc5ccccc5s4)cc3CC2)C1. The van der Waals surface area contributed by atoms with E-state index in [-0.39, 0.29) is 18.3 Å². The number of nitrogens with zero attached hydrogens (tertiary/aromatic N) is 1. The van der Waals surface area contributed by atoms with Gasteiger partial charge in [0.2, 0.25) is 0 Å². The first-order chi connectivity index (χ1) is 14.1. The summed E-state index contributed by atoms with van der Waals surface area (Å²) in [5.74, 6) is 0.0598. The summed E-state index contributed by atoms with van der Waals surface area (Å²) in [5, 5.41) is 10.3. The molecule has 4 nitrogen and oxygen atoms in total. The van der Waals surface area contributed by atoms with Crippen LogP contribution in [-0.2, 0) is 17.8 Å². The van der Waals surface area contributed by atoms with Gasteiger partial charge in [-0.1, -0.05) is 35.9 Å². The minimum Gasteiger partial charge on any atom is -0.488 e. The Hall–Kier alpha value is -2.34. The Labute approximate surface area is 186 Å². The predicted octanol–water partition coefficient (Wildman–Crippen LogP) is 5.25. The van der Waals surface area contributed by atoms with Gasteiger partial charge in [-0.2, -0.15) is 0 Å². The van der Waals surface area contributed by atoms with E-state index >= 15 is 0 Å². The Morgan fingerprint density at radius 2 is 1.97 bits per heavy atom. The molecule has 0 atom stereocenters. The molecule has 156 valence electrons. The Bertz CT molecular complexity index is 1070. The molecule has 3 aromatic rings. The number of carboxylic acids is 1. The first-order valence-electron chi connectivity index (χ1n) is 10.0. The van der Waals surface area contributed by atoms with Crippen molar-refractivity contribution in [3.8, 4) is 5.75 Å². The van der Waals surface area contributed by atoms with Gasteiger partial charge in [0.15, 0.2) is 0 Å². The van der Waals surface area contributed by atoms with Crippen molar-refractivity contribution in [2.45, 2.75) is 19.4 Å². The fraction of sp³-hybridized carbons (Fsp3) is 0.292. The van der Waals surface area contributed by atoms with E-state index < -0.39 is 5.97 Å². The molecule has 1 N–H and O–H groups in total. The van der Waals surface area contributed by atoms with Crippen LogP contribution in [0, 0.1) is 5.92 Å². The fourth-order valence-corrected chi connectivity index (χ4v) is 5.12. The normalized spacial score (nSPS) is 16.3. The number of carboxylic acid groups (broad SMARTS) is 1. The molecule has 0 amide bonds. The van der Waals surface area contributed by atoms with Crippen LogP contribution >= 0.6 is 23.7 Å². The summed E-state index contributed by atoms with van der Waals surface area (Å²) in [7, 11) is 0. The highest BCUT2D eigenvalue weighted by Gasteiger charge is 2.32. The van der Waals surface area contributed by atoms with E-state index in [1.807, 2.05) is 0 Å². The van der Waals surface area contributed by atoms with Crippen LogP contribution in [0.5, 0.6) is 5.75 Å². The van der Waals surface area contributed by atoms with Crippen molar-refractivity contribution in [1.82, 2.24) is 4.90 Å². The molecule has 30 heavy (non-hydrogen) atoms. The average Bonchev–Trinajstić information content (AvgIpc) is 3.11. The van der Waals surface area contributed by atoms with E-state index in [0.29, 0.717) is 19.7 Å². The summed E-state index contributed by atoms with van der Waals surface area (Å²) in [4.78, 5) is 14.4. The number of hydrogen-bond donors (Lipinski definition) is 1. The van der Waals surface area contributed by atoms with Crippen LogP contribution in [0.2, 0.25) is 0 Å². The highest BCUT2D eigenvalue weighted by Crippen LogP contribution is 2.30. The monoisotopic (exact) mass is 441 g/mol. The van der Waals surface area contributed by atoms with Gasteiger partial charge in [-0.3, -0.25) is 9.69 Å². The molecule has 1 aliphatic heterocycles. The summed E-state index contributed by atoms with van der Waals surface area (Å²) in [6.07, 6.45) is 4.31. The topological polar surface area (TPSA) is 49.8 Å². The number of rotatable bonds is 6. The highest BCUT2D eigenvalue weighted by atomic mass is 35.5. The van der Waals surface area contributed by atoms with Crippen molar-refractivity contribution >= 4 is 45.9 Å². The largest absolute Gasteiger partial charge is 0.488 e. The van der Waals surface area contributed by atoms with Gasteiger partial charge in [-0.05, 0) is 53.6 Å². The quantitative estimate of drug-likeness (QED) is 0.567. The summed E-state index contributed by atoms with van der Waals surface area (Å²) in [5.41, 5.74) is 3.98. The molecule has 1 aromatic heterocycles. The number of hydrogen-bond acceptors (Lipinski definition) is 4. The van der Waals surface area contributed by atoms with Crippen molar-refractivity contribution in [2.24, 2.45) is 5.92 Å². The summed E-state index contributed by atoms with van der Waals surface area (Å²) < 4.78 is 7.36. The van der Waals surface area contributed by atoms with E-state index in [9.17, 15) is 4.79 Å². The van der Waals surface area contributed by atoms with Crippen molar-refractivity contribution in [1.29, 1.82) is 0 Å². The number of fused-ring (bicyclic) bond motifs is 2. The molecule has 0 saturated carbocycles. The maximum Gasteiger partial charge on any atom is 0.309 e. The molecule has 0 unspecified atom stereocenters. The lowest BCUT2D eigenvalue weighted by Gasteiger charge is -2.37. The van der Waals surface area contributed by atoms with Crippen LogP contribution < -0.4 is 4.74 Å². The molecule has 2 aromatic carbocycles. The molecule has 1 aliphatic carbocycles. The molecule has 1 saturated heterocycles. The van der Waals surface area contributed by atoms with Gasteiger partial charge in [0.05, 0.1) is 5.92 Å². The number of carbonyl (C=O) groups is 1. The third-order valence-electron chi connectivity index (χ3n) is 5.78. The third kappa shape index (κ3) is 4.38. The number of benzene rings is 2. The second-order valence-corrected chi connectivity index (χ2v) is 9.10. The molecular weight excluding hydrogens is 418 g/mol. The molecule has 0 bridgehead atoms. The number of likely N-dealkylation sites (tertiary alicyclic amines) is 1. The van der Waals surface area contributed by atoms with Crippen molar-refractivity contribution < 1.29 is 14.6 Å². The van der Waals surface area contributed by atoms with Crippen LogP contribution in [0.3, 0.4) is 0 Å². The number of ether oxygens (including phenoxy) is 1. The summed E-state index contributed by atoms with van der Waals surface area (Å²) in [6, 6.07) is 17.0. The molecule has 1 fully saturated rings. The molecule has 2 heterocycles. The fourth-order valence-electron chi connectivity index (χ4n) is 4.15. The Morgan fingerprint density at radius 1 is 1.13 bits per heavy atom. The molecule has 0 spiro atoms. The minimum absolute atomic E-state index is 0. The smallest absolute Gasteiger partial charge is 0.309 e. The number of thiophene rings is 1. The lowest BCUT2D eigenvalue weighted by Crippen LogP contribution is -2.50. The maximum absolute atomic E-state index is 11.0. The van der Waals surface area contributed by atoms with Crippen LogP contribution in [-0.4, -0.2) is 35.6 Å². The number of halogens is 1. The van der Waals surface area contributed by atoms with Gasteiger partial charge in [0.25, 0.3) is 0 Å². The molecule has 5 rings (SSSR count). The van der Waals surface area contributed by atoms with Gasteiger partial charge in [0, 0.05) is 29.2 Å². The molecular formula is C24H24ClNO3S. The van der Waals surface area contributed by atoms with Gasteiger partial charge in [-0.15, -0.1) is 23.7 Å². The van der Waals surface area contributed by atoms with E-state index in [1.165, 1.54) is 31.7 Å². The lowest BCUT2D eigenvalue weighted by molar-refractivity contribution is -0.147. The van der Waals surface area contributed by atoms with Crippen LogP contribution in [0.1, 0.15) is 22.4 Å². The van der Waals surface area contributed by atoms with E-state index in [1.54, 1.807) is 11.3 Å².